The number of amides is 2. The molecular weight excluding hydrogens is 328 g/mol. The Morgan fingerprint density at radius 3 is 2.42 bits per heavy atom. The van der Waals surface area contributed by atoms with Crippen molar-refractivity contribution >= 4 is 11.7 Å². The van der Waals surface area contributed by atoms with E-state index in [4.69, 9.17) is 9.47 Å². The maximum atomic E-state index is 12.6. The second kappa shape index (κ2) is 7.28. The highest BCUT2D eigenvalue weighted by molar-refractivity contribution is 5.89. The number of nitrogens with one attached hydrogen (secondary N) is 1. The zero-order valence-electron chi connectivity index (χ0n) is 15.0. The van der Waals surface area contributed by atoms with E-state index >= 15 is 0 Å². The molecule has 2 aromatic carbocycles. The van der Waals surface area contributed by atoms with Crippen molar-refractivity contribution in [1.82, 2.24) is 4.90 Å². The number of carbonyl (C=O) groups excluding carboxylic acids is 1. The number of fused-ring (bicyclic) bond motifs is 1. The van der Waals surface area contributed by atoms with Crippen LogP contribution in [0.3, 0.4) is 0 Å². The number of nitrogens with zero attached hydrogens (tertiary/aromatic N) is 1. The summed E-state index contributed by atoms with van der Waals surface area (Å²) in [6, 6.07) is 13.5. The molecule has 2 amide bonds. The van der Waals surface area contributed by atoms with Crippen LogP contribution in [0.5, 0.6) is 11.5 Å². The molecule has 5 nitrogen and oxygen atoms in total. The number of ether oxygens (including phenoxy) is 2. The second-order valence-corrected chi connectivity index (χ2v) is 6.97. The van der Waals surface area contributed by atoms with Crippen LogP contribution in [0.15, 0.2) is 42.5 Å². The average Bonchev–Trinajstić information content (AvgIpc) is 3.32. The summed E-state index contributed by atoms with van der Waals surface area (Å²) in [6.07, 6.45) is 5.12. The normalized spacial score (nSPS) is 16.4. The average molecular weight is 352 g/mol. The van der Waals surface area contributed by atoms with Gasteiger partial charge in [0.1, 0.15) is 11.5 Å². The lowest BCUT2D eigenvalue weighted by atomic mass is 10.1. The number of urea groups is 1. The number of methoxy groups -OCH3 is 1. The van der Waals surface area contributed by atoms with E-state index in [2.05, 4.69) is 5.32 Å². The monoisotopic (exact) mass is 352 g/mol. The summed E-state index contributed by atoms with van der Waals surface area (Å²) in [6.45, 7) is 1.22. The van der Waals surface area contributed by atoms with Crippen molar-refractivity contribution in [2.24, 2.45) is 0 Å². The first-order valence-corrected chi connectivity index (χ1v) is 9.20. The van der Waals surface area contributed by atoms with Gasteiger partial charge in [-0.3, -0.25) is 0 Å². The molecule has 0 aromatic heterocycles. The summed E-state index contributed by atoms with van der Waals surface area (Å²) < 4.78 is 11.2. The molecule has 2 aliphatic rings. The summed E-state index contributed by atoms with van der Waals surface area (Å²) in [5.74, 6) is 1.69. The third kappa shape index (κ3) is 3.62. The maximum Gasteiger partial charge on any atom is 0.322 e. The molecular formula is C21H24N2O3. The Bertz CT molecular complexity index is 782. The van der Waals surface area contributed by atoms with Crippen LogP contribution >= 0.6 is 0 Å². The van der Waals surface area contributed by atoms with E-state index in [-0.39, 0.29) is 6.03 Å². The third-order valence-electron chi connectivity index (χ3n) is 5.13. The molecule has 0 bridgehead atoms. The van der Waals surface area contributed by atoms with Crippen molar-refractivity contribution in [3.63, 3.8) is 0 Å². The highest BCUT2D eigenvalue weighted by Crippen LogP contribution is 2.28. The van der Waals surface area contributed by atoms with Gasteiger partial charge in [-0.15, -0.1) is 0 Å². The van der Waals surface area contributed by atoms with Crippen LogP contribution in [0.2, 0.25) is 0 Å². The minimum Gasteiger partial charge on any atom is -0.497 e. The molecule has 0 atom stereocenters. The molecule has 1 aliphatic carbocycles. The number of anilines is 1. The first-order chi connectivity index (χ1) is 12.7. The first-order valence-electron chi connectivity index (χ1n) is 9.20. The minimum atomic E-state index is -0.0929. The lowest BCUT2D eigenvalue weighted by Gasteiger charge is -2.17. The van der Waals surface area contributed by atoms with E-state index in [0.29, 0.717) is 19.2 Å². The Hall–Kier alpha value is -2.69. The van der Waals surface area contributed by atoms with E-state index in [9.17, 15) is 4.79 Å². The second-order valence-electron chi connectivity index (χ2n) is 6.97. The molecule has 136 valence electrons. The molecule has 26 heavy (non-hydrogen) atoms. The SMILES string of the molecule is COc1ccc2c(c1)CN(C(=O)Nc1ccc(OC3CCCC3)cc1)C2. The van der Waals surface area contributed by atoms with Gasteiger partial charge >= 0.3 is 6.03 Å². The van der Waals surface area contributed by atoms with Crippen LogP contribution in [-0.2, 0) is 13.1 Å². The highest BCUT2D eigenvalue weighted by Gasteiger charge is 2.24. The van der Waals surface area contributed by atoms with Crippen LogP contribution in [0.4, 0.5) is 10.5 Å². The van der Waals surface area contributed by atoms with Crippen molar-refractivity contribution in [2.45, 2.75) is 44.9 Å². The fourth-order valence-corrected chi connectivity index (χ4v) is 3.66. The Kier molecular flexibility index (Phi) is 4.69. The zero-order chi connectivity index (χ0) is 17.9. The van der Waals surface area contributed by atoms with Crippen molar-refractivity contribution in [2.75, 3.05) is 12.4 Å². The number of rotatable bonds is 4. The Morgan fingerprint density at radius 2 is 1.69 bits per heavy atom. The van der Waals surface area contributed by atoms with E-state index in [1.807, 2.05) is 42.5 Å². The molecule has 1 fully saturated rings. The zero-order valence-corrected chi connectivity index (χ0v) is 15.0. The van der Waals surface area contributed by atoms with Crippen molar-refractivity contribution < 1.29 is 14.3 Å². The van der Waals surface area contributed by atoms with E-state index in [1.54, 1.807) is 12.0 Å². The molecule has 1 saturated carbocycles. The predicted molar refractivity (Wildman–Crippen MR) is 101 cm³/mol. The summed E-state index contributed by atoms with van der Waals surface area (Å²) in [5, 5.41) is 2.97. The van der Waals surface area contributed by atoms with Gasteiger partial charge in [0, 0.05) is 18.8 Å². The quantitative estimate of drug-likeness (QED) is 0.877. The van der Waals surface area contributed by atoms with Crippen molar-refractivity contribution in [1.29, 1.82) is 0 Å². The number of hydrogen-bond acceptors (Lipinski definition) is 3. The summed E-state index contributed by atoms with van der Waals surface area (Å²) in [4.78, 5) is 14.4. The molecule has 2 aromatic rings. The Morgan fingerprint density at radius 1 is 1.00 bits per heavy atom. The van der Waals surface area contributed by atoms with Gasteiger partial charge in [0.15, 0.2) is 0 Å². The van der Waals surface area contributed by atoms with Crippen molar-refractivity contribution in [3.05, 3.63) is 53.6 Å². The molecule has 0 unspecified atom stereocenters. The molecule has 1 heterocycles. The van der Waals surface area contributed by atoms with Gasteiger partial charge in [-0.2, -0.15) is 0 Å². The van der Waals surface area contributed by atoms with Crippen LogP contribution < -0.4 is 14.8 Å². The number of benzene rings is 2. The molecule has 5 heteroatoms. The van der Waals surface area contributed by atoms with Crippen LogP contribution in [0.1, 0.15) is 36.8 Å². The van der Waals surface area contributed by atoms with Gasteiger partial charge in [-0.05, 0) is 73.2 Å². The largest absolute Gasteiger partial charge is 0.497 e. The minimum absolute atomic E-state index is 0.0929. The smallest absolute Gasteiger partial charge is 0.322 e. The summed E-state index contributed by atoms with van der Waals surface area (Å²) in [5.41, 5.74) is 3.09. The lowest BCUT2D eigenvalue weighted by Crippen LogP contribution is -2.30. The van der Waals surface area contributed by atoms with Gasteiger partial charge in [-0.1, -0.05) is 6.07 Å². The van der Waals surface area contributed by atoms with Gasteiger partial charge in [0.05, 0.1) is 13.2 Å². The topological polar surface area (TPSA) is 50.8 Å². The predicted octanol–water partition coefficient (Wildman–Crippen LogP) is 4.56. The summed E-state index contributed by atoms with van der Waals surface area (Å²) >= 11 is 0. The van der Waals surface area contributed by atoms with E-state index in [0.717, 1.165) is 35.6 Å². The fourth-order valence-electron chi connectivity index (χ4n) is 3.66. The molecule has 1 N–H and O–H groups in total. The number of hydrogen-bond donors (Lipinski definition) is 1. The maximum absolute atomic E-state index is 12.6. The van der Waals surface area contributed by atoms with Gasteiger partial charge in [-0.25, -0.2) is 4.79 Å². The third-order valence-corrected chi connectivity index (χ3v) is 5.13. The van der Waals surface area contributed by atoms with Gasteiger partial charge < -0.3 is 19.7 Å². The number of carbonyl (C=O) groups is 1. The molecule has 0 radical (unpaired) electrons. The highest BCUT2D eigenvalue weighted by atomic mass is 16.5. The fraction of sp³-hybridized carbons (Fsp3) is 0.381. The van der Waals surface area contributed by atoms with Crippen LogP contribution in [0.25, 0.3) is 0 Å². The Balaban J connectivity index is 1.34. The molecule has 0 spiro atoms. The molecule has 0 saturated heterocycles. The Labute approximate surface area is 153 Å². The van der Waals surface area contributed by atoms with E-state index < -0.39 is 0 Å². The van der Waals surface area contributed by atoms with Crippen molar-refractivity contribution in [3.8, 4) is 11.5 Å². The first kappa shape index (κ1) is 16.8. The van der Waals surface area contributed by atoms with E-state index in [1.165, 1.54) is 18.4 Å². The standard InChI is InChI=1S/C21H24N2O3/c1-25-20-9-6-15-13-23(14-16(15)12-20)21(24)22-17-7-10-19(11-8-17)26-18-4-2-3-5-18/h6-12,18H,2-5,13-14H2,1H3,(H,22,24). The molecule has 1 aliphatic heterocycles. The molecule has 4 rings (SSSR count). The van der Waals surface area contributed by atoms with Crippen LogP contribution in [-0.4, -0.2) is 24.1 Å². The lowest BCUT2D eigenvalue weighted by molar-refractivity contribution is 0.209. The van der Waals surface area contributed by atoms with Crippen LogP contribution in [0, 0.1) is 0 Å². The van der Waals surface area contributed by atoms with Gasteiger partial charge in [0.2, 0.25) is 0 Å². The summed E-state index contributed by atoms with van der Waals surface area (Å²) in [7, 11) is 1.65. The van der Waals surface area contributed by atoms with Gasteiger partial charge in [0.25, 0.3) is 0 Å².